The lowest BCUT2D eigenvalue weighted by Gasteiger charge is -2.16. The summed E-state index contributed by atoms with van der Waals surface area (Å²) in [6, 6.07) is 11.6. The number of nitrogens with zero attached hydrogens (tertiary/aromatic N) is 2. The number of methoxy groups -OCH3 is 1. The van der Waals surface area contributed by atoms with Crippen molar-refractivity contribution in [3.05, 3.63) is 63.8 Å². The normalized spacial score (nSPS) is 11.7. The van der Waals surface area contributed by atoms with Crippen LogP contribution in [0.25, 0.3) is 10.9 Å². The van der Waals surface area contributed by atoms with E-state index >= 15 is 0 Å². The van der Waals surface area contributed by atoms with Gasteiger partial charge in [-0.3, -0.25) is 4.68 Å². The Morgan fingerprint density at radius 1 is 1.24 bits per heavy atom. The highest BCUT2D eigenvalue weighted by atomic mass is 79.9. The van der Waals surface area contributed by atoms with Gasteiger partial charge in [0.1, 0.15) is 0 Å². The molecule has 0 N–H and O–H groups in total. The molecule has 1 heterocycles. The molecule has 0 fully saturated rings. The smallest absolute Gasteiger partial charge is 0.340 e. The molecule has 0 aliphatic carbocycles. The number of carbonyl (C=O) groups excluding carboxylic acids is 1. The molecular formula is C20H17BrN2O2. The molecule has 1 atom stereocenters. The highest BCUT2D eigenvalue weighted by Gasteiger charge is 2.20. The number of hydrogen-bond acceptors (Lipinski definition) is 3. The van der Waals surface area contributed by atoms with Crippen molar-refractivity contribution in [2.45, 2.75) is 19.9 Å². The van der Waals surface area contributed by atoms with Crippen LogP contribution in [0.4, 0.5) is 0 Å². The fraction of sp³-hybridized carbons (Fsp3) is 0.200. The third-order valence-corrected chi connectivity index (χ3v) is 4.67. The van der Waals surface area contributed by atoms with E-state index in [1.54, 1.807) is 19.2 Å². The first-order chi connectivity index (χ1) is 12.1. The van der Waals surface area contributed by atoms with Crippen LogP contribution < -0.4 is 0 Å². The molecule has 25 heavy (non-hydrogen) atoms. The summed E-state index contributed by atoms with van der Waals surface area (Å²) in [6.45, 7) is 3.84. The van der Waals surface area contributed by atoms with Gasteiger partial charge in [0.15, 0.2) is 0 Å². The third-order valence-electron chi connectivity index (χ3n) is 4.14. The maximum atomic E-state index is 12.2. The van der Waals surface area contributed by atoms with Crippen LogP contribution in [0, 0.1) is 11.8 Å². The predicted octanol–water partition coefficient (Wildman–Crippen LogP) is 4.57. The van der Waals surface area contributed by atoms with Gasteiger partial charge < -0.3 is 4.74 Å². The molecule has 1 unspecified atom stereocenters. The van der Waals surface area contributed by atoms with Crippen LogP contribution in [0.3, 0.4) is 0 Å². The van der Waals surface area contributed by atoms with Crippen LogP contribution in [0.2, 0.25) is 0 Å². The van der Waals surface area contributed by atoms with E-state index in [9.17, 15) is 4.79 Å². The number of carbonyl (C=O) groups is 1. The highest BCUT2D eigenvalue weighted by Crippen LogP contribution is 2.29. The SMILES string of the molecule is CC#Cc1ccc(C(=O)OC)c2c1cnn2C(C)c1ccc(Br)cc1. The lowest BCUT2D eigenvalue weighted by Crippen LogP contribution is -2.12. The van der Waals surface area contributed by atoms with Crippen molar-refractivity contribution in [2.24, 2.45) is 0 Å². The van der Waals surface area contributed by atoms with Gasteiger partial charge in [-0.15, -0.1) is 5.92 Å². The number of halogens is 1. The highest BCUT2D eigenvalue weighted by molar-refractivity contribution is 9.10. The van der Waals surface area contributed by atoms with E-state index in [1.807, 2.05) is 35.0 Å². The van der Waals surface area contributed by atoms with E-state index in [-0.39, 0.29) is 12.0 Å². The minimum absolute atomic E-state index is 0.0427. The van der Waals surface area contributed by atoms with Crippen LogP contribution in [0.1, 0.15) is 41.4 Å². The lowest BCUT2D eigenvalue weighted by molar-refractivity contribution is 0.0602. The first kappa shape index (κ1) is 17.2. The number of rotatable bonds is 3. The molecule has 0 amide bonds. The van der Waals surface area contributed by atoms with Gasteiger partial charge in [0, 0.05) is 15.4 Å². The minimum Gasteiger partial charge on any atom is -0.465 e. The van der Waals surface area contributed by atoms with Crippen LogP contribution >= 0.6 is 15.9 Å². The predicted molar refractivity (Wildman–Crippen MR) is 102 cm³/mol. The van der Waals surface area contributed by atoms with Gasteiger partial charge in [-0.2, -0.15) is 5.10 Å². The van der Waals surface area contributed by atoms with Crippen molar-refractivity contribution >= 4 is 32.8 Å². The van der Waals surface area contributed by atoms with E-state index in [0.717, 1.165) is 26.5 Å². The molecular weight excluding hydrogens is 380 g/mol. The number of benzene rings is 2. The van der Waals surface area contributed by atoms with Crippen molar-refractivity contribution < 1.29 is 9.53 Å². The van der Waals surface area contributed by atoms with Crippen molar-refractivity contribution in [1.29, 1.82) is 0 Å². The van der Waals surface area contributed by atoms with Crippen molar-refractivity contribution in [3.63, 3.8) is 0 Å². The maximum Gasteiger partial charge on any atom is 0.340 e. The molecule has 2 aromatic carbocycles. The van der Waals surface area contributed by atoms with Crippen molar-refractivity contribution in [1.82, 2.24) is 9.78 Å². The molecule has 0 saturated heterocycles. The molecule has 0 spiro atoms. The molecule has 3 aromatic rings. The molecule has 0 bridgehead atoms. The summed E-state index contributed by atoms with van der Waals surface area (Å²) in [5, 5.41) is 5.39. The van der Waals surface area contributed by atoms with Gasteiger partial charge in [0.05, 0.1) is 30.4 Å². The second kappa shape index (κ2) is 7.12. The zero-order valence-corrected chi connectivity index (χ0v) is 15.8. The van der Waals surface area contributed by atoms with Crippen LogP contribution in [-0.4, -0.2) is 22.9 Å². The Balaban J connectivity index is 2.24. The van der Waals surface area contributed by atoms with Crippen LogP contribution in [0.15, 0.2) is 47.1 Å². The van der Waals surface area contributed by atoms with Crippen molar-refractivity contribution in [3.8, 4) is 11.8 Å². The Hall–Kier alpha value is -2.58. The Morgan fingerprint density at radius 2 is 1.96 bits per heavy atom. The molecule has 0 aliphatic heterocycles. The quantitative estimate of drug-likeness (QED) is 0.481. The van der Waals surface area contributed by atoms with Gasteiger partial charge >= 0.3 is 5.97 Å². The average molecular weight is 397 g/mol. The Bertz CT molecular complexity index is 994. The van der Waals surface area contributed by atoms with Crippen molar-refractivity contribution in [2.75, 3.05) is 7.11 Å². The molecule has 0 aliphatic rings. The largest absolute Gasteiger partial charge is 0.465 e. The summed E-state index contributed by atoms with van der Waals surface area (Å²) in [6.07, 6.45) is 1.76. The van der Waals surface area contributed by atoms with E-state index in [4.69, 9.17) is 4.74 Å². The Morgan fingerprint density at radius 3 is 2.60 bits per heavy atom. The molecule has 126 valence electrons. The number of hydrogen-bond donors (Lipinski definition) is 0. The van der Waals surface area contributed by atoms with Gasteiger partial charge in [-0.25, -0.2) is 4.79 Å². The average Bonchev–Trinajstić information content (AvgIpc) is 3.07. The maximum absolute atomic E-state index is 12.2. The van der Waals surface area contributed by atoms with Crippen LogP contribution in [0.5, 0.6) is 0 Å². The number of esters is 1. The van der Waals surface area contributed by atoms with E-state index in [0.29, 0.717) is 5.56 Å². The minimum atomic E-state index is -0.384. The van der Waals surface area contributed by atoms with Gasteiger partial charge in [0.2, 0.25) is 0 Å². The summed E-state index contributed by atoms with van der Waals surface area (Å²) in [5.74, 6) is 5.60. The third kappa shape index (κ3) is 3.18. The summed E-state index contributed by atoms with van der Waals surface area (Å²) >= 11 is 3.45. The van der Waals surface area contributed by atoms with E-state index < -0.39 is 0 Å². The fourth-order valence-electron chi connectivity index (χ4n) is 2.86. The number of aromatic nitrogens is 2. The summed E-state index contributed by atoms with van der Waals surface area (Å²) in [4.78, 5) is 12.2. The summed E-state index contributed by atoms with van der Waals surface area (Å²) in [7, 11) is 1.38. The van der Waals surface area contributed by atoms with Gasteiger partial charge in [-0.1, -0.05) is 34.0 Å². The second-order valence-corrected chi connectivity index (χ2v) is 6.52. The zero-order chi connectivity index (χ0) is 18.0. The fourth-order valence-corrected chi connectivity index (χ4v) is 3.12. The number of fused-ring (bicyclic) bond motifs is 1. The lowest BCUT2D eigenvalue weighted by atomic mass is 10.0. The zero-order valence-electron chi connectivity index (χ0n) is 14.2. The molecule has 3 rings (SSSR count). The standard InChI is InChI=1S/C20H17BrN2O2/c1-4-5-15-8-11-17(20(24)25-3)19-18(15)12-22-23(19)13(2)14-6-9-16(21)10-7-14/h6-13H,1-3H3. The molecule has 0 saturated carbocycles. The Labute approximate surface area is 154 Å². The topological polar surface area (TPSA) is 44.1 Å². The monoisotopic (exact) mass is 396 g/mol. The molecule has 1 aromatic heterocycles. The summed E-state index contributed by atoms with van der Waals surface area (Å²) < 4.78 is 7.82. The molecule has 4 nitrogen and oxygen atoms in total. The van der Waals surface area contributed by atoms with E-state index in [2.05, 4.69) is 39.8 Å². The van der Waals surface area contributed by atoms with Gasteiger partial charge in [0.25, 0.3) is 0 Å². The second-order valence-electron chi connectivity index (χ2n) is 5.61. The van der Waals surface area contributed by atoms with Crippen LogP contribution in [-0.2, 0) is 4.74 Å². The molecule has 5 heteroatoms. The first-order valence-electron chi connectivity index (χ1n) is 7.83. The van der Waals surface area contributed by atoms with Gasteiger partial charge in [-0.05, 0) is 43.7 Å². The first-order valence-corrected chi connectivity index (χ1v) is 8.63. The van der Waals surface area contributed by atoms with E-state index in [1.165, 1.54) is 7.11 Å². The summed E-state index contributed by atoms with van der Waals surface area (Å²) in [5.41, 5.74) is 3.17. The molecule has 0 radical (unpaired) electrons. The number of ether oxygens (including phenoxy) is 1. The Kier molecular flexibility index (Phi) is 4.91.